The fourth-order valence-corrected chi connectivity index (χ4v) is 11.4. The Hall–Kier alpha value is -7.39. The second kappa shape index (κ2) is 22.2. The fourth-order valence-electron chi connectivity index (χ4n) is 9.67. The van der Waals surface area contributed by atoms with Crippen LogP contribution < -0.4 is 26.0 Å². The van der Waals surface area contributed by atoms with Crippen LogP contribution in [0.5, 0.6) is 11.5 Å². The largest absolute Gasteiger partial charge is 0.497 e. The molecular formula is C58H56N5O9P. The van der Waals surface area contributed by atoms with Gasteiger partial charge < -0.3 is 38.2 Å². The summed E-state index contributed by atoms with van der Waals surface area (Å²) in [6, 6.07) is 42.9. The monoisotopic (exact) mass is 997 g/mol. The van der Waals surface area contributed by atoms with E-state index in [0.717, 1.165) is 49.0 Å². The van der Waals surface area contributed by atoms with E-state index in [4.69, 9.17) is 34.6 Å². The number of carbonyl (C=O) groups excluding carboxylic acids is 1. The average Bonchev–Trinajstić information content (AvgIpc) is 3.80. The third kappa shape index (κ3) is 10.3. The van der Waals surface area contributed by atoms with Crippen molar-refractivity contribution >= 4 is 46.8 Å². The van der Waals surface area contributed by atoms with Gasteiger partial charge in [-0.05, 0) is 107 Å². The molecule has 14 nitrogen and oxygen atoms in total. The Labute approximate surface area is 424 Å². The van der Waals surface area contributed by atoms with Crippen molar-refractivity contribution in [3.05, 3.63) is 200 Å². The summed E-state index contributed by atoms with van der Waals surface area (Å²) >= 11 is 0. The predicted molar refractivity (Wildman–Crippen MR) is 284 cm³/mol. The summed E-state index contributed by atoms with van der Waals surface area (Å²) in [5, 5.41) is 9.08. The first-order valence-electron chi connectivity index (χ1n) is 24.1. The number of H-pyrrole nitrogens is 1. The standard InChI is InChI=1S/C58H56N5O9P/c1-37(2)63(38(3)4)73(69-34-33-59-5)72-50-35-51(70-56(50)71-58(43-16-9-8-10-17-43,44-22-26-46(67-6)27-23-44)45-24-28-47(68-7)29-25-45)62-36-42(54(64)61-57(62)66)15-12-32-60-55(65)49-31-21-41-19-18-39-13-11-14-40-20-30-48(49)53(41)52(39)40/h8-11,13-14,16-31,36-38,50-51,56H,32-35H2,1-4,6-7H3,(H,60,65)(H,61,64,66)/t50-,51-,56+,73?/m1/s1. The van der Waals surface area contributed by atoms with Crippen LogP contribution in [-0.4, -0.2) is 78.5 Å². The molecule has 7 aromatic carbocycles. The summed E-state index contributed by atoms with van der Waals surface area (Å²) in [7, 11) is 1.37. The van der Waals surface area contributed by atoms with Gasteiger partial charge in [0.25, 0.3) is 20.0 Å². The molecule has 1 amide bonds. The average molecular weight is 998 g/mol. The van der Waals surface area contributed by atoms with Crippen LogP contribution in [0.4, 0.5) is 0 Å². The summed E-state index contributed by atoms with van der Waals surface area (Å²) < 4.78 is 42.4. The maximum atomic E-state index is 13.9. The minimum atomic E-state index is -1.84. The SMILES string of the molecule is [C-]#[N+]CCOP(O[C@@H]1C[C@H](n2cc(C#CCNC(=O)c3ccc4ccc5cccc6ccc3c4c56)c(=O)[nH]c2=O)O[C@H]1OC(c1ccccc1)(c1ccc(OC)cc1)c1ccc(OC)cc1)N(C(C)C)C(C)C. The summed E-state index contributed by atoms with van der Waals surface area (Å²) in [5.74, 6) is 6.77. The molecule has 2 N–H and O–H groups in total. The molecule has 4 atom stereocenters. The predicted octanol–water partition coefficient (Wildman–Crippen LogP) is 10.2. The third-order valence-electron chi connectivity index (χ3n) is 13.0. The Balaban J connectivity index is 1.07. The number of methoxy groups -OCH3 is 2. The highest BCUT2D eigenvalue weighted by Crippen LogP contribution is 2.52. The van der Waals surface area contributed by atoms with E-state index in [1.807, 2.05) is 137 Å². The molecule has 8 aromatic rings. The highest BCUT2D eigenvalue weighted by Gasteiger charge is 2.49. The van der Waals surface area contributed by atoms with Crippen molar-refractivity contribution in [2.24, 2.45) is 0 Å². The van der Waals surface area contributed by atoms with Crippen molar-refractivity contribution in [1.82, 2.24) is 19.5 Å². The van der Waals surface area contributed by atoms with Gasteiger partial charge in [-0.2, -0.15) is 0 Å². The first-order chi connectivity index (χ1) is 35.4. The molecule has 1 aromatic heterocycles. The van der Waals surface area contributed by atoms with E-state index < -0.39 is 44.0 Å². The van der Waals surface area contributed by atoms with Crippen LogP contribution in [0.3, 0.4) is 0 Å². The number of hydrogen-bond donors (Lipinski definition) is 2. The molecule has 1 aliphatic heterocycles. The first-order valence-corrected chi connectivity index (χ1v) is 25.2. The minimum Gasteiger partial charge on any atom is -0.497 e. The highest BCUT2D eigenvalue weighted by molar-refractivity contribution is 7.44. The summed E-state index contributed by atoms with van der Waals surface area (Å²) in [4.78, 5) is 47.0. The lowest BCUT2D eigenvalue weighted by atomic mass is 9.80. The summed E-state index contributed by atoms with van der Waals surface area (Å²) in [6.07, 6.45) is -1.67. The number of carbonyl (C=O) groups is 1. The van der Waals surface area contributed by atoms with Gasteiger partial charge in [-0.25, -0.2) is 16.0 Å². The maximum Gasteiger partial charge on any atom is 0.330 e. The van der Waals surface area contributed by atoms with Crippen LogP contribution in [0.1, 0.15) is 73.0 Å². The summed E-state index contributed by atoms with van der Waals surface area (Å²) in [6.45, 7) is 15.8. The molecule has 1 unspecified atom stereocenters. The number of aromatic amines is 1. The normalized spacial score (nSPS) is 16.2. The lowest BCUT2D eigenvalue weighted by molar-refractivity contribution is -0.214. The number of aromatic nitrogens is 2. The molecule has 73 heavy (non-hydrogen) atoms. The van der Waals surface area contributed by atoms with Crippen LogP contribution in [0.15, 0.2) is 149 Å². The zero-order chi connectivity index (χ0) is 51.2. The molecule has 0 spiro atoms. The molecule has 0 aliphatic carbocycles. The molecule has 372 valence electrons. The van der Waals surface area contributed by atoms with Crippen molar-refractivity contribution in [3.63, 3.8) is 0 Å². The number of amides is 1. The molecule has 1 aliphatic rings. The molecular weight excluding hydrogens is 942 g/mol. The van der Waals surface area contributed by atoms with E-state index >= 15 is 0 Å². The van der Waals surface area contributed by atoms with E-state index in [1.54, 1.807) is 14.2 Å². The molecule has 1 fully saturated rings. The molecule has 9 rings (SSSR count). The van der Waals surface area contributed by atoms with Crippen LogP contribution in [0, 0.1) is 18.4 Å². The maximum absolute atomic E-state index is 13.9. The first kappa shape index (κ1) is 50.5. The van der Waals surface area contributed by atoms with Crippen LogP contribution in [-0.2, 0) is 24.1 Å². The van der Waals surface area contributed by atoms with E-state index in [-0.39, 0.29) is 49.7 Å². The molecule has 2 heterocycles. The Morgan fingerprint density at radius 2 is 1.42 bits per heavy atom. The Morgan fingerprint density at radius 3 is 2.04 bits per heavy atom. The van der Waals surface area contributed by atoms with Gasteiger partial charge in [0.2, 0.25) is 6.54 Å². The Bertz CT molecular complexity index is 3380. The van der Waals surface area contributed by atoms with Crippen molar-refractivity contribution < 1.29 is 32.8 Å². The Kier molecular flexibility index (Phi) is 15.3. The van der Waals surface area contributed by atoms with Gasteiger partial charge in [0.1, 0.15) is 41.6 Å². The lowest BCUT2D eigenvalue weighted by Gasteiger charge is -2.40. The molecule has 0 saturated carbocycles. The molecule has 0 radical (unpaired) electrons. The number of nitrogens with one attached hydrogen (secondary N) is 2. The molecule has 0 bridgehead atoms. The second-order valence-corrected chi connectivity index (χ2v) is 19.6. The number of rotatable bonds is 18. The van der Waals surface area contributed by atoms with Gasteiger partial charge in [0, 0.05) is 30.3 Å². The number of ether oxygens (including phenoxy) is 4. The van der Waals surface area contributed by atoms with Gasteiger partial charge in [0.05, 0.1) is 20.8 Å². The molecule has 15 heteroatoms. The lowest BCUT2D eigenvalue weighted by Crippen LogP contribution is -2.42. The van der Waals surface area contributed by atoms with Crippen LogP contribution in [0.25, 0.3) is 37.2 Å². The van der Waals surface area contributed by atoms with E-state index in [0.29, 0.717) is 17.1 Å². The zero-order valence-corrected chi connectivity index (χ0v) is 42.4. The van der Waals surface area contributed by atoms with Gasteiger partial charge in [0.15, 0.2) is 6.29 Å². The van der Waals surface area contributed by atoms with E-state index in [2.05, 4.69) is 55.9 Å². The van der Waals surface area contributed by atoms with Gasteiger partial charge in [-0.1, -0.05) is 115 Å². The topological polar surface area (TPSA) is 147 Å². The summed E-state index contributed by atoms with van der Waals surface area (Å²) in [5.41, 5.74) is -0.0674. The van der Waals surface area contributed by atoms with Crippen molar-refractivity contribution in [1.29, 1.82) is 0 Å². The fraction of sp³-hybridized carbons (Fsp3) is 0.276. The number of hydrogen-bond acceptors (Lipinski definition) is 10. The van der Waals surface area contributed by atoms with Crippen molar-refractivity contribution in [3.8, 4) is 23.3 Å². The quantitative estimate of drug-likeness (QED) is 0.0213. The Morgan fingerprint density at radius 1 is 0.822 bits per heavy atom. The number of benzene rings is 7. The van der Waals surface area contributed by atoms with Crippen LogP contribution in [0.2, 0.25) is 0 Å². The van der Waals surface area contributed by atoms with Crippen molar-refractivity contribution in [2.75, 3.05) is 33.9 Å². The minimum absolute atomic E-state index is 0.0207. The smallest absolute Gasteiger partial charge is 0.330 e. The van der Waals surface area contributed by atoms with E-state index in [1.165, 1.54) is 10.8 Å². The molecule has 1 saturated heterocycles. The van der Waals surface area contributed by atoms with Gasteiger partial charge >= 0.3 is 5.69 Å². The highest BCUT2D eigenvalue weighted by atomic mass is 31.2. The van der Waals surface area contributed by atoms with E-state index in [9.17, 15) is 14.4 Å². The van der Waals surface area contributed by atoms with Crippen LogP contribution >= 0.6 is 8.53 Å². The third-order valence-corrected chi connectivity index (χ3v) is 15.1. The zero-order valence-electron chi connectivity index (χ0n) is 41.5. The van der Waals surface area contributed by atoms with Gasteiger partial charge in [-0.3, -0.25) is 19.1 Å². The van der Waals surface area contributed by atoms with Crippen molar-refractivity contribution in [2.45, 2.75) is 70.4 Å². The second-order valence-electron chi connectivity index (χ2n) is 18.1. The number of nitrogens with zero attached hydrogens (tertiary/aromatic N) is 3. The van der Waals surface area contributed by atoms with Gasteiger partial charge in [-0.15, -0.1) is 0 Å².